The second-order valence-electron chi connectivity index (χ2n) is 10.8. The zero-order chi connectivity index (χ0) is 28.3. The van der Waals surface area contributed by atoms with E-state index in [4.69, 9.17) is 0 Å². The Morgan fingerprint density at radius 3 is 1.57 bits per heavy atom. The molecule has 1 aliphatic carbocycles. The van der Waals surface area contributed by atoms with Crippen molar-refractivity contribution in [3.05, 3.63) is 173 Å². The Morgan fingerprint density at radius 1 is 0.476 bits per heavy atom. The summed E-state index contributed by atoms with van der Waals surface area (Å²) in [6.07, 6.45) is 0. The van der Waals surface area contributed by atoms with E-state index in [0.29, 0.717) is 11.1 Å². The third kappa shape index (κ3) is 3.20. The number of rotatable bonds is 3. The van der Waals surface area contributed by atoms with Crippen LogP contribution in [0.4, 0.5) is 0 Å². The second-order valence-corrected chi connectivity index (χ2v) is 10.8. The van der Waals surface area contributed by atoms with Gasteiger partial charge in [-0.3, -0.25) is 0 Å². The SMILES string of the molecule is N#Cc1ccc2c(c1)c1cc(C#N)ccc1n2-c1ccc2c(c1)C(c1ccccc1)(c1ccccc1)c1ccccc1-2. The molecule has 0 N–H and O–H groups in total. The molecule has 1 heterocycles. The first-order chi connectivity index (χ1) is 20.7. The quantitative estimate of drug-likeness (QED) is 0.228. The van der Waals surface area contributed by atoms with Crippen LogP contribution in [0.15, 0.2) is 140 Å². The summed E-state index contributed by atoms with van der Waals surface area (Å²) in [6.45, 7) is 0. The number of hydrogen-bond acceptors (Lipinski definition) is 2. The predicted molar refractivity (Wildman–Crippen MR) is 168 cm³/mol. The van der Waals surface area contributed by atoms with Crippen molar-refractivity contribution in [2.24, 2.45) is 0 Å². The van der Waals surface area contributed by atoms with Crippen molar-refractivity contribution < 1.29 is 0 Å². The van der Waals surface area contributed by atoms with Gasteiger partial charge in [0.25, 0.3) is 0 Å². The highest BCUT2D eigenvalue weighted by atomic mass is 15.0. The number of fused-ring (bicyclic) bond motifs is 6. The normalized spacial score (nSPS) is 12.9. The van der Waals surface area contributed by atoms with Crippen LogP contribution in [-0.2, 0) is 5.41 Å². The van der Waals surface area contributed by atoms with Crippen LogP contribution in [0, 0.1) is 22.7 Å². The predicted octanol–water partition coefficient (Wildman–Crippen LogP) is 8.89. The number of aromatic nitrogens is 1. The second kappa shape index (κ2) is 9.07. The molecular weight excluding hydrogens is 510 g/mol. The van der Waals surface area contributed by atoms with Crippen molar-refractivity contribution >= 4 is 21.8 Å². The van der Waals surface area contributed by atoms with E-state index in [0.717, 1.165) is 27.5 Å². The van der Waals surface area contributed by atoms with E-state index in [-0.39, 0.29) is 0 Å². The average molecular weight is 534 g/mol. The Morgan fingerprint density at radius 2 is 1.00 bits per heavy atom. The number of hydrogen-bond donors (Lipinski definition) is 0. The minimum absolute atomic E-state index is 0.495. The summed E-state index contributed by atoms with van der Waals surface area (Å²) in [5.41, 5.74) is 11.1. The van der Waals surface area contributed by atoms with Crippen LogP contribution in [-0.4, -0.2) is 4.57 Å². The fraction of sp³-hybridized carbons (Fsp3) is 0.0256. The molecule has 3 heteroatoms. The third-order valence-electron chi connectivity index (χ3n) is 8.72. The van der Waals surface area contributed by atoms with Crippen LogP contribution in [0.25, 0.3) is 38.6 Å². The molecule has 1 aliphatic rings. The van der Waals surface area contributed by atoms with Gasteiger partial charge in [-0.1, -0.05) is 91.0 Å². The maximum absolute atomic E-state index is 9.65. The summed E-state index contributed by atoms with van der Waals surface area (Å²) in [7, 11) is 0. The fourth-order valence-corrected chi connectivity index (χ4v) is 7.01. The lowest BCUT2D eigenvalue weighted by Gasteiger charge is -2.34. The van der Waals surface area contributed by atoms with Gasteiger partial charge >= 0.3 is 0 Å². The minimum Gasteiger partial charge on any atom is -0.309 e. The van der Waals surface area contributed by atoms with Crippen molar-refractivity contribution in [2.75, 3.05) is 0 Å². The number of benzene rings is 6. The maximum atomic E-state index is 9.65. The maximum Gasteiger partial charge on any atom is 0.0991 e. The summed E-state index contributed by atoms with van der Waals surface area (Å²) in [4.78, 5) is 0. The summed E-state index contributed by atoms with van der Waals surface area (Å²) in [6, 6.07) is 53.3. The molecule has 194 valence electrons. The Bertz CT molecular complexity index is 2150. The Hall–Kier alpha value is -5.90. The van der Waals surface area contributed by atoms with Crippen molar-refractivity contribution in [2.45, 2.75) is 5.41 Å². The van der Waals surface area contributed by atoms with E-state index in [1.165, 1.54) is 33.4 Å². The Kier molecular flexibility index (Phi) is 5.17. The molecule has 1 aromatic heterocycles. The molecule has 3 nitrogen and oxygen atoms in total. The van der Waals surface area contributed by atoms with Crippen molar-refractivity contribution in [1.82, 2.24) is 4.57 Å². The third-order valence-corrected chi connectivity index (χ3v) is 8.72. The lowest BCUT2D eigenvalue weighted by Crippen LogP contribution is -2.28. The standard InChI is InChI=1S/C39H23N3/c40-24-26-15-19-37-33(21-26)34-22-27(25-41)16-20-38(34)42(37)30-17-18-32-31-13-7-8-14-35(31)39(36(32)23-30,28-9-3-1-4-10-28)29-11-5-2-6-12-29/h1-23H. The molecular formula is C39H23N3. The van der Waals surface area contributed by atoms with E-state index in [2.05, 4.69) is 120 Å². The van der Waals surface area contributed by atoms with Gasteiger partial charge in [0, 0.05) is 16.5 Å². The van der Waals surface area contributed by atoms with Gasteiger partial charge in [0.15, 0.2) is 0 Å². The highest BCUT2D eigenvalue weighted by molar-refractivity contribution is 6.10. The monoisotopic (exact) mass is 533 g/mol. The number of nitriles is 2. The van der Waals surface area contributed by atoms with E-state index < -0.39 is 5.41 Å². The molecule has 0 saturated carbocycles. The van der Waals surface area contributed by atoms with Gasteiger partial charge in [-0.2, -0.15) is 10.5 Å². The fourth-order valence-electron chi connectivity index (χ4n) is 7.01. The van der Waals surface area contributed by atoms with Gasteiger partial charge in [0.2, 0.25) is 0 Å². The van der Waals surface area contributed by atoms with E-state index >= 15 is 0 Å². The van der Waals surface area contributed by atoms with Crippen LogP contribution in [0.1, 0.15) is 33.4 Å². The zero-order valence-electron chi connectivity index (χ0n) is 22.6. The molecule has 0 radical (unpaired) electrons. The largest absolute Gasteiger partial charge is 0.309 e. The molecule has 0 saturated heterocycles. The smallest absolute Gasteiger partial charge is 0.0991 e. The van der Waals surface area contributed by atoms with Crippen LogP contribution >= 0.6 is 0 Å². The Labute approximate surface area is 243 Å². The Balaban J connectivity index is 1.49. The van der Waals surface area contributed by atoms with E-state index in [1.807, 2.05) is 36.4 Å². The molecule has 0 atom stereocenters. The first kappa shape index (κ1) is 23.9. The molecule has 0 fully saturated rings. The molecule has 0 aliphatic heterocycles. The van der Waals surface area contributed by atoms with Gasteiger partial charge in [-0.05, 0) is 81.9 Å². The highest BCUT2D eigenvalue weighted by Gasteiger charge is 2.46. The van der Waals surface area contributed by atoms with Crippen molar-refractivity contribution in [3.63, 3.8) is 0 Å². The van der Waals surface area contributed by atoms with Crippen LogP contribution < -0.4 is 0 Å². The highest BCUT2D eigenvalue weighted by Crippen LogP contribution is 2.56. The molecule has 0 bridgehead atoms. The summed E-state index contributed by atoms with van der Waals surface area (Å²) >= 11 is 0. The van der Waals surface area contributed by atoms with Gasteiger partial charge in [0.1, 0.15) is 0 Å². The lowest BCUT2D eigenvalue weighted by molar-refractivity contribution is 0.767. The molecule has 0 spiro atoms. The molecule has 7 aromatic rings. The average Bonchev–Trinajstić information content (AvgIpc) is 3.55. The number of nitrogens with zero attached hydrogens (tertiary/aromatic N) is 3. The molecule has 42 heavy (non-hydrogen) atoms. The van der Waals surface area contributed by atoms with Crippen molar-refractivity contribution in [3.8, 4) is 29.0 Å². The van der Waals surface area contributed by atoms with Gasteiger partial charge < -0.3 is 4.57 Å². The molecule has 0 amide bonds. The van der Waals surface area contributed by atoms with E-state index in [9.17, 15) is 10.5 Å². The molecule has 0 unspecified atom stereocenters. The first-order valence-electron chi connectivity index (χ1n) is 14.0. The summed E-state index contributed by atoms with van der Waals surface area (Å²) < 4.78 is 2.26. The van der Waals surface area contributed by atoms with Crippen LogP contribution in [0.2, 0.25) is 0 Å². The lowest BCUT2D eigenvalue weighted by atomic mass is 9.67. The van der Waals surface area contributed by atoms with Crippen LogP contribution in [0.5, 0.6) is 0 Å². The van der Waals surface area contributed by atoms with E-state index in [1.54, 1.807) is 0 Å². The minimum atomic E-state index is -0.495. The topological polar surface area (TPSA) is 52.5 Å². The summed E-state index contributed by atoms with van der Waals surface area (Å²) in [5.74, 6) is 0. The summed E-state index contributed by atoms with van der Waals surface area (Å²) in [5, 5.41) is 21.2. The van der Waals surface area contributed by atoms with Gasteiger partial charge in [-0.15, -0.1) is 0 Å². The van der Waals surface area contributed by atoms with Crippen molar-refractivity contribution in [1.29, 1.82) is 10.5 Å². The van der Waals surface area contributed by atoms with Gasteiger partial charge in [0.05, 0.1) is 39.7 Å². The van der Waals surface area contributed by atoms with Gasteiger partial charge in [-0.25, -0.2) is 0 Å². The molecule has 6 aromatic carbocycles. The zero-order valence-corrected chi connectivity index (χ0v) is 22.6. The first-order valence-corrected chi connectivity index (χ1v) is 14.0. The van der Waals surface area contributed by atoms with Crippen LogP contribution in [0.3, 0.4) is 0 Å². The molecule has 8 rings (SSSR count).